The van der Waals surface area contributed by atoms with Crippen LogP contribution in [0.25, 0.3) is 0 Å². The van der Waals surface area contributed by atoms with Gasteiger partial charge in [-0.2, -0.15) is 0 Å². The molecule has 0 aromatic rings. The first-order valence-electron chi connectivity index (χ1n) is 4.05. The Labute approximate surface area is 79.0 Å². The van der Waals surface area contributed by atoms with Gasteiger partial charge in [0.2, 0.25) is 0 Å². The minimum absolute atomic E-state index is 0.802. The molecule has 0 saturated heterocycles. The molecule has 2 fully saturated rings. The van der Waals surface area contributed by atoms with Crippen molar-refractivity contribution in [2.45, 2.75) is 35.3 Å². The van der Waals surface area contributed by atoms with Crippen molar-refractivity contribution < 1.29 is 0 Å². The quantitative estimate of drug-likeness (QED) is 0.591. The second kappa shape index (κ2) is 2.78. The third kappa shape index (κ3) is 1.18. The zero-order valence-electron chi connectivity index (χ0n) is 5.89. The summed E-state index contributed by atoms with van der Waals surface area (Å²) < 4.78 is 0. The Balaban J connectivity index is 2.09. The number of hydrogen-bond acceptors (Lipinski definition) is 0. The maximum Gasteiger partial charge on any atom is 0.0184 e. The lowest BCUT2D eigenvalue weighted by molar-refractivity contribution is 0.388. The molecule has 4 atom stereocenters. The minimum Gasteiger partial charge on any atom is -0.0887 e. The van der Waals surface area contributed by atoms with Gasteiger partial charge in [-0.15, -0.1) is 0 Å². The summed E-state index contributed by atoms with van der Waals surface area (Å²) in [5.41, 5.74) is 0. The van der Waals surface area contributed by atoms with E-state index in [-0.39, 0.29) is 0 Å². The van der Waals surface area contributed by atoms with Crippen LogP contribution in [-0.2, 0) is 0 Å². The van der Waals surface area contributed by atoms with Gasteiger partial charge in [0.05, 0.1) is 0 Å². The van der Waals surface area contributed by atoms with Crippen molar-refractivity contribution in [1.82, 2.24) is 0 Å². The van der Waals surface area contributed by atoms with E-state index in [0.717, 1.165) is 21.5 Å². The van der Waals surface area contributed by atoms with E-state index >= 15 is 0 Å². The third-order valence-electron chi connectivity index (χ3n) is 2.99. The lowest BCUT2D eigenvalue weighted by Crippen LogP contribution is -2.25. The van der Waals surface area contributed by atoms with E-state index in [4.69, 9.17) is 0 Å². The largest absolute Gasteiger partial charge is 0.0887 e. The van der Waals surface area contributed by atoms with Crippen molar-refractivity contribution in [1.29, 1.82) is 0 Å². The van der Waals surface area contributed by atoms with Crippen molar-refractivity contribution in [3.05, 3.63) is 0 Å². The topological polar surface area (TPSA) is 0 Å². The van der Waals surface area contributed by atoms with Crippen molar-refractivity contribution in [3.63, 3.8) is 0 Å². The van der Waals surface area contributed by atoms with Crippen molar-refractivity contribution in [2.24, 2.45) is 11.8 Å². The molecule has 2 aliphatic rings. The monoisotopic (exact) mass is 266 g/mol. The standard InChI is InChI=1S/C8H12Br2/c9-7-4-8(10)6-2-1-5(7)3-6/h5-8H,1-4H2/t5-,6+,7+,8-. The van der Waals surface area contributed by atoms with E-state index in [1.54, 1.807) is 0 Å². The van der Waals surface area contributed by atoms with Crippen LogP contribution in [0.4, 0.5) is 0 Å². The first kappa shape index (κ1) is 7.60. The van der Waals surface area contributed by atoms with Gasteiger partial charge in [-0.25, -0.2) is 0 Å². The fourth-order valence-electron chi connectivity index (χ4n) is 2.31. The van der Waals surface area contributed by atoms with Crippen LogP contribution in [0.15, 0.2) is 0 Å². The Morgan fingerprint density at radius 1 is 0.800 bits per heavy atom. The molecule has 2 rings (SSSR count). The summed E-state index contributed by atoms with van der Waals surface area (Å²) in [7, 11) is 0. The number of halogens is 2. The van der Waals surface area contributed by atoms with Crippen LogP contribution in [0.3, 0.4) is 0 Å². The van der Waals surface area contributed by atoms with Crippen LogP contribution in [0, 0.1) is 11.8 Å². The molecule has 0 heterocycles. The highest BCUT2D eigenvalue weighted by Gasteiger charge is 2.39. The van der Waals surface area contributed by atoms with Gasteiger partial charge in [0.1, 0.15) is 0 Å². The molecule has 2 bridgehead atoms. The van der Waals surface area contributed by atoms with Gasteiger partial charge in [-0.1, -0.05) is 31.9 Å². The second-order valence-electron chi connectivity index (χ2n) is 3.60. The summed E-state index contributed by atoms with van der Waals surface area (Å²) in [5.74, 6) is 2.00. The van der Waals surface area contributed by atoms with Crippen LogP contribution in [0.5, 0.6) is 0 Å². The zero-order chi connectivity index (χ0) is 7.14. The van der Waals surface area contributed by atoms with Gasteiger partial charge >= 0.3 is 0 Å². The van der Waals surface area contributed by atoms with Crippen molar-refractivity contribution in [2.75, 3.05) is 0 Å². The summed E-state index contributed by atoms with van der Waals surface area (Å²) in [6.07, 6.45) is 5.73. The molecule has 0 spiro atoms. The highest BCUT2D eigenvalue weighted by atomic mass is 79.9. The second-order valence-corrected chi connectivity index (χ2v) is 5.95. The summed E-state index contributed by atoms with van der Waals surface area (Å²) in [6, 6.07) is 0. The highest BCUT2D eigenvalue weighted by Crippen LogP contribution is 2.47. The first-order valence-corrected chi connectivity index (χ1v) is 5.88. The number of fused-ring (bicyclic) bond motifs is 2. The van der Waals surface area contributed by atoms with Gasteiger partial charge in [-0.05, 0) is 37.5 Å². The molecule has 0 amide bonds. The van der Waals surface area contributed by atoms with Gasteiger partial charge in [-0.3, -0.25) is 0 Å². The Hall–Kier alpha value is 0.960. The molecule has 2 saturated carbocycles. The molecule has 0 aromatic heterocycles. The van der Waals surface area contributed by atoms with E-state index in [1.165, 1.54) is 25.7 Å². The molecule has 2 heteroatoms. The van der Waals surface area contributed by atoms with E-state index < -0.39 is 0 Å². The van der Waals surface area contributed by atoms with E-state index in [0.29, 0.717) is 0 Å². The number of rotatable bonds is 0. The predicted octanol–water partition coefficient (Wildman–Crippen LogP) is 3.33. The van der Waals surface area contributed by atoms with Crippen LogP contribution in [-0.4, -0.2) is 9.65 Å². The summed E-state index contributed by atoms with van der Waals surface area (Å²) in [5, 5.41) is 0. The molecule has 0 unspecified atom stereocenters. The van der Waals surface area contributed by atoms with Crippen LogP contribution in [0.1, 0.15) is 25.7 Å². The highest BCUT2D eigenvalue weighted by molar-refractivity contribution is 9.10. The van der Waals surface area contributed by atoms with Crippen LogP contribution >= 0.6 is 31.9 Å². The zero-order valence-corrected chi connectivity index (χ0v) is 9.07. The Morgan fingerprint density at radius 2 is 1.30 bits per heavy atom. The maximum absolute atomic E-state index is 3.75. The van der Waals surface area contributed by atoms with E-state index in [1.807, 2.05) is 0 Å². The first-order chi connectivity index (χ1) is 4.77. The minimum atomic E-state index is 0.802. The molecule has 0 aliphatic heterocycles. The normalized spacial score (nSPS) is 53.4. The molecule has 0 N–H and O–H groups in total. The van der Waals surface area contributed by atoms with Gasteiger partial charge in [0, 0.05) is 9.65 Å². The molecule has 0 radical (unpaired) electrons. The summed E-state index contributed by atoms with van der Waals surface area (Å²) >= 11 is 7.50. The van der Waals surface area contributed by atoms with E-state index in [9.17, 15) is 0 Å². The van der Waals surface area contributed by atoms with Gasteiger partial charge in [0.15, 0.2) is 0 Å². The van der Waals surface area contributed by atoms with Crippen molar-refractivity contribution in [3.8, 4) is 0 Å². The average Bonchev–Trinajstić information content (AvgIpc) is 2.28. The summed E-state index contributed by atoms with van der Waals surface area (Å²) in [6.45, 7) is 0. The van der Waals surface area contributed by atoms with Gasteiger partial charge < -0.3 is 0 Å². The smallest absolute Gasteiger partial charge is 0.0184 e. The molecule has 58 valence electrons. The fourth-order valence-corrected chi connectivity index (χ4v) is 4.58. The fraction of sp³-hybridized carbons (Fsp3) is 1.00. The lowest BCUT2D eigenvalue weighted by atomic mass is 9.89. The van der Waals surface area contributed by atoms with Gasteiger partial charge in [0.25, 0.3) is 0 Å². The average molecular weight is 268 g/mol. The number of hydrogen-bond donors (Lipinski definition) is 0. The molecule has 10 heavy (non-hydrogen) atoms. The summed E-state index contributed by atoms with van der Waals surface area (Å²) in [4.78, 5) is 1.60. The molecule has 2 aliphatic carbocycles. The van der Waals surface area contributed by atoms with Crippen molar-refractivity contribution >= 4 is 31.9 Å². The Kier molecular flexibility index (Phi) is 2.11. The maximum atomic E-state index is 3.75. The lowest BCUT2D eigenvalue weighted by Gasteiger charge is -2.28. The Bertz CT molecular complexity index is 121. The van der Waals surface area contributed by atoms with Crippen LogP contribution in [0.2, 0.25) is 0 Å². The molecule has 0 aromatic carbocycles. The Morgan fingerprint density at radius 3 is 1.80 bits per heavy atom. The SMILES string of the molecule is Br[C@@H]1C[C@H](Br)[C@@H]2CC[C@H]1C2. The van der Waals surface area contributed by atoms with Crippen LogP contribution < -0.4 is 0 Å². The molecular weight excluding hydrogens is 256 g/mol. The van der Waals surface area contributed by atoms with E-state index in [2.05, 4.69) is 31.9 Å². The predicted molar refractivity (Wildman–Crippen MR) is 50.9 cm³/mol. The molecule has 0 nitrogen and oxygen atoms in total. The number of alkyl halides is 2. The molecular formula is C8H12Br2. The third-order valence-corrected chi connectivity index (χ3v) is 5.23.